The van der Waals surface area contributed by atoms with Gasteiger partial charge >= 0.3 is 0 Å². The molecular weight excluding hydrogens is 415 g/mol. The molecule has 0 nitrogen and oxygen atoms in total. The highest BCUT2D eigenvalue weighted by atomic mass is 127. The van der Waals surface area contributed by atoms with Crippen molar-refractivity contribution in [3.05, 3.63) is 105 Å². The molecule has 0 radical (unpaired) electrons. The summed E-state index contributed by atoms with van der Waals surface area (Å²) in [7, 11) is 0. The Morgan fingerprint density at radius 1 is 0.840 bits per heavy atom. The summed E-state index contributed by atoms with van der Waals surface area (Å²) >= 11 is 2.37. The zero-order valence-corrected chi connectivity index (χ0v) is 15.9. The first-order chi connectivity index (χ1) is 12.3. The molecule has 2 aliphatic carbocycles. The Balaban J connectivity index is 1.54. The maximum atomic E-state index is 2.40. The highest BCUT2D eigenvalue weighted by Crippen LogP contribution is 2.41. The van der Waals surface area contributed by atoms with Gasteiger partial charge in [-0.1, -0.05) is 66.8 Å². The molecule has 1 atom stereocenters. The van der Waals surface area contributed by atoms with Crippen LogP contribution in [0, 0.1) is 3.57 Å². The van der Waals surface area contributed by atoms with E-state index in [1.54, 1.807) is 0 Å². The minimum Gasteiger partial charge on any atom is -0.0757 e. The van der Waals surface area contributed by atoms with E-state index < -0.39 is 0 Å². The van der Waals surface area contributed by atoms with E-state index in [0.29, 0.717) is 5.92 Å². The first-order valence-electron chi connectivity index (χ1n) is 8.66. The van der Waals surface area contributed by atoms with Crippen molar-refractivity contribution in [3.63, 3.8) is 0 Å². The maximum Gasteiger partial charge on any atom is 0.0136 e. The third kappa shape index (κ3) is 2.67. The van der Waals surface area contributed by atoms with Crippen LogP contribution in [-0.4, -0.2) is 0 Å². The minimum atomic E-state index is 0.506. The highest BCUT2D eigenvalue weighted by Gasteiger charge is 2.23. The van der Waals surface area contributed by atoms with E-state index in [1.807, 2.05) is 0 Å². The van der Waals surface area contributed by atoms with E-state index in [-0.39, 0.29) is 0 Å². The van der Waals surface area contributed by atoms with Crippen LogP contribution in [0.3, 0.4) is 0 Å². The summed E-state index contributed by atoms with van der Waals surface area (Å²) in [6.07, 6.45) is 10.4. The zero-order chi connectivity index (χ0) is 16.8. The third-order valence-electron chi connectivity index (χ3n) is 5.26. The predicted molar refractivity (Wildman–Crippen MR) is 116 cm³/mol. The average molecular weight is 432 g/mol. The van der Waals surface area contributed by atoms with Gasteiger partial charge in [0.15, 0.2) is 0 Å². The van der Waals surface area contributed by atoms with E-state index >= 15 is 0 Å². The molecule has 0 amide bonds. The molecule has 1 heteroatoms. The number of benzene rings is 3. The number of halogens is 1. The smallest absolute Gasteiger partial charge is 0.0136 e. The lowest BCUT2D eigenvalue weighted by Crippen LogP contribution is -2.09. The van der Waals surface area contributed by atoms with Gasteiger partial charge < -0.3 is 0 Å². The molecule has 0 spiro atoms. The van der Waals surface area contributed by atoms with Crippen LogP contribution < -0.4 is 0 Å². The molecular formula is C24H17I. The summed E-state index contributed by atoms with van der Waals surface area (Å²) < 4.78 is 1.28. The standard InChI is InChI=1S/C24H17I/c25-22-11-9-18-13-17(6-7-20(18)15-22)19-10-12-24-21(14-19)8-5-16-3-1-2-4-23(16)24/h1-11,13-15,24H,12H2. The first kappa shape index (κ1) is 15.2. The lowest BCUT2D eigenvalue weighted by molar-refractivity contribution is 0.813. The first-order valence-corrected chi connectivity index (χ1v) is 9.74. The molecule has 0 aliphatic heterocycles. The van der Waals surface area contributed by atoms with Crippen molar-refractivity contribution in [1.29, 1.82) is 0 Å². The molecule has 5 rings (SSSR count). The van der Waals surface area contributed by atoms with Crippen LogP contribution >= 0.6 is 22.6 Å². The Morgan fingerprint density at radius 2 is 1.68 bits per heavy atom. The maximum absolute atomic E-state index is 2.40. The van der Waals surface area contributed by atoms with Gasteiger partial charge in [0.1, 0.15) is 0 Å². The van der Waals surface area contributed by atoms with E-state index in [0.717, 1.165) is 6.42 Å². The molecule has 0 saturated heterocycles. The number of rotatable bonds is 1. The Hall–Kier alpha value is -2.13. The average Bonchev–Trinajstić information content (AvgIpc) is 2.67. The van der Waals surface area contributed by atoms with E-state index in [1.165, 1.54) is 42.2 Å². The Bertz CT molecular complexity index is 1080. The fraction of sp³-hybridized carbons (Fsp3) is 0.0833. The van der Waals surface area contributed by atoms with E-state index in [2.05, 4.69) is 108 Å². The van der Waals surface area contributed by atoms with Crippen LogP contribution in [0.15, 0.2) is 84.5 Å². The van der Waals surface area contributed by atoms with Crippen molar-refractivity contribution in [1.82, 2.24) is 0 Å². The molecule has 0 heterocycles. The number of fused-ring (bicyclic) bond motifs is 4. The lowest BCUT2D eigenvalue weighted by Gasteiger charge is -2.27. The largest absolute Gasteiger partial charge is 0.0757 e. The van der Waals surface area contributed by atoms with Crippen LogP contribution in [-0.2, 0) is 0 Å². The topological polar surface area (TPSA) is 0 Å². The number of hydrogen-bond donors (Lipinski definition) is 0. The Morgan fingerprint density at radius 3 is 2.64 bits per heavy atom. The zero-order valence-electron chi connectivity index (χ0n) is 13.7. The van der Waals surface area contributed by atoms with E-state index in [4.69, 9.17) is 0 Å². The summed E-state index contributed by atoms with van der Waals surface area (Å²) in [5, 5.41) is 2.62. The number of allylic oxidation sites excluding steroid dienone is 5. The second kappa shape index (κ2) is 5.99. The molecule has 3 aromatic carbocycles. The van der Waals surface area contributed by atoms with Crippen LogP contribution in [0.2, 0.25) is 0 Å². The van der Waals surface area contributed by atoms with Gasteiger partial charge in [0.25, 0.3) is 0 Å². The molecule has 0 bridgehead atoms. The fourth-order valence-corrected chi connectivity index (χ4v) is 4.47. The summed E-state index contributed by atoms with van der Waals surface area (Å²) in [6.45, 7) is 0. The van der Waals surface area contributed by atoms with Crippen LogP contribution in [0.25, 0.3) is 22.4 Å². The molecule has 120 valence electrons. The second-order valence-electron chi connectivity index (χ2n) is 6.76. The van der Waals surface area contributed by atoms with Crippen LogP contribution in [0.5, 0.6) is 0 Å². The Kier molecular flexibility index (Phi) is 3.63. The molecule has 0 N–H and O–H groups in total. The normalized spacial score (nSPS) is 18.4. The SMILES string of the molecule is Ic1ccc2cc(C3=CCC4C(=C3)C=Cc3ccccc34)ccc2c1. The summed E-state index contributed by atoms with van der Waals surface area (Å²) in [4.78, 5) is 0. The molecule has 25 heavy (non-hydrogen) atoms. The fourth-order valence-electron chi connectivity index (χ4n) is 3.95. The van der Waals surface area contributed by atoms with Crippen molar-refractivity contribution in [2.24, 2.45) is 0 Å². The van der Waals surface area contributed by atoms with Crippen molar-refractivity contribution in [3.8, 4) is 0 Å². The third-order valence-corrected chi connectivity index (χ3v) is 5.93. The summed E-state index contributed by atoms with van der Waals surface area (Å²) in [6, 6.07) is 22.2. The molecule has 1 unspecified atom stereocenters. The predicted octanol–water partition coefficient (Wildman–Crippen LogP) is 6.97. The second-order valence-corrected chi connectivity index (χ2v) is 8.01. The van der Waals surface area contributed by atoms with Gasteiger partial charge in [-0.05, 0) is 85.8 Å². The Labute approximate surface area is 161 Å². The van der Waals surface area contributed by atoms with Crippen LogP contribution in [0.4, 0.5) is 0 Å². The minimum absolute atomic E-state index is 0.506. The highest BCUT2D eigenvalue weighted by molar-refractivity contribution is 14.1. The van der Waals surface area contributed by atoms with Gasteiger partial charge in [0.05, 0.1) is 0 Å². The van der Waals surface area contributed by atoms with Crippen LogP contribution in [0.1, 0.15) is 29.0 Å². The van der Waals surface area contributed by atoms with Gasteiger partial charge in [-0.2, -0.15) is 0 Å². The van der Waals surface area contributed by atoms with Gasteiger partial charge in [0, 0.05) is 9.49 Å². The van der Waals surface area contributed by atoms with Gasteiger partial charge in [-0.25, -0.2) is 0 Å². The molecule has 0 aromatic heterocycles. The van der Waals surface area contributed by atoms with Crippen molar-refractivity contribution in [2.45, 2.75) is 12.3 Å². The molecule has 2 aliphatic rings. The van der Waals surface area contributed by atoms with Gasteiger partial charge in [-0.15, -0.1) is 0 Å². The van der Waals surface area contributed by atoms with Crippen molar-refractivity contribution in [2.75, 3.05) is 0 Å². The number of hydrogen-bond acceptors (Lipinski definition) is 0. The van der Waals surface area contributed by atoms with Gasteiger partial charge in [-0.3, -0.25) is 0 Å². The van der Waals surface area contributed by atoms with Crippen molar-refractivity contribution < 1.29 is 0 Å². The molecule has 0 saturated carbocycles. The summed E-state index contributed by atoms with van der Waals surface area (Å²) in [5.74, 6) is 0.506. The van der Waals surface area contributed by atoms with Crippen molar-refractivity contribution >= 4 is 45.0 Å². The molecule has 3 aromatic rings. The van der Waals surface area contributed by atoms with E-state index in [9.17, 15) is 0 Å². The summed E-state index contributed by atoms with van der Waals surface area (Å²) in [5.41, 5.74) is 6.91. The van der Waals surface area contributed by atoms with Gasteiger partial charge in [0.2, 0.25) is 0 Å². The molecule has 0 fully saturated rings. The lowest BCUT2D eigenvalue weighted by atomic mass is 9.77. The quantitative estimate of drug-likeness (QED) is 0.365. The monoisotopic (exact) mass is 432 g/mol.